The molecule has 1 saturated heterocycles. The number of carboxylic acid groups (broad SMARTS) is 1. The van der Waals surface area contributed by atoms with Crippen molar-refractivity contribution in [3.8, 4) is 11.1 Å². The van der Waals surface area contributed by atoms with E-state index in [0.29, 0.717) is 38.8 Å². The molecule has 1 aliphatic heterocycles. The Hall–Kier alpha value is -4.83. The zero-order chi connectivity index (χ0) is 32.6. The minimum absolute atomic E-state index is 0.00601. The van der Waals surface area contributed by atoms with Crippen LogP contribution in [-0.4, -0.2) is 37.7 Å². The number of aliphatic hydroxyl groups is 1. The van der Waals surface area contributed by atoms with Crippen LogP contribution in [0, 0.1) is 0 Å². The van der Waals surface area contributed by atoms with Crippen LogP contribution < -0.4 is 5.32 Å². The lowest BCUT2D eigenvalue weighted by Gasteiger charge is -2.36. The molecule has 6 rings (SSSR count). The molecule has 9 nitrogen and oxygen atoms in total. The van der Waals surface area contributed by atoms with E-state index in [1.165, 1.54) is 0 Å². The van der Waals surface area contributed by atoms with Gasteiger partial charge in [-0.2, -0.15) is 0 Å². The summed E-state index contributed by atoms with van der Waals surface area (Å²) in [5, 5.41) is 21.2. The third-order valence-electron chi connectivity index (χ3n) is 8.52. The minimum Gasteiger partial charge on any atom is -0.481 e. The van der Waals surface area contributed by atoms with Gasteiger partial charge in [0.25, 0.3) is 0 Å². The van der Waals surface area contributed by atoms with Crippen molar-refractivity contribution in [3.63, 3.8) is 0 Å². The van der Waals surface area contributed by atoms with Gasteiger partial charge in [-0.3, -0.25) is 9.59 Å². The molecule has 0 bridgehead atoms. The van der Waals surface area contributed by atoms with Crippen molar-refractivity contribution < 1.29 is 29.3 Å². The van der Waals surface area contributed by atoms with Gasteiger partial charge in [0, 0.05) is 31.4 Å². The summed E-state index contributed by atoms with van der Waals surface area (Å²) in [7, 11) is 0. The number of para-hydroxylation sites is 2. The molecule has 5 aromatic rings. The number of rotatable bonds is 13. The number of nitrogens with one attached hydrogen (secondary N) is 1. The van der Waals surface area contributed by atoms with Crippen LogP contribution in [0.2, 0.25) is 0 Å². The van der Waals surface area contributed by atoms with Crippen LogP contribution in [0.25, 0.3) is 22.2 Å². The highest BCUT2D eigenvalue weighted by Gasteiger charge is 2.32. The van der Waals surface area contributed by atoms with Gasteiger partial charge >= 0.3 is 5.97 Å². The van der Waals surface area contributed by atoms with Crippen molar-refractivity contribution in [3.05, 3.63) is 126 Å². The quantitative estimate of drug-likeness (QED) is 0.123. The lowest BCUT2D eigenvalue weighted by atomic mass is 9.99. The fourth-order valence-corrected chi connectivity index (χ4v) is 5.95. The summed E-state index contributed by atoms with van der Waals surface area (Å²) in [4.78, 5) is 27.4. The summed E-state index contributed by atoms with van der Waals surface area (Å²) in [6, 6.07) is 32.2. The topological polar surface area (TPSA) is 123 Å². The van der Waals surface area contributed by atoms with E-state index < -0.39 is 12.3 Å². The van der Waals surface area contributed by atoms with Gasteiger partial charge in [-0.15, -0.1) is 0 Å². The first-order chi connectivity index (χ1) is 22.9. The van der Waals surface area contributed by atoms with E-state index in [1.807, 2.05) is 79.1 Å². The number of hydrogen-bond donors (Lipinski definition) is 3. The lowest BCUT2D eigenvalue weighted by molar-refractivity contribution is -0.252. The first-order valence-corrected chi connectivity index (χ1v) is 16.0. The minimum atomic E-state index is -0.841. The van der Waals surface area contributed by atoms with E-state index in [2.05, 4.69) is 39.1 Å². The van der Waals surface area contributed by atoms with Gasteiger partial charge in [-0.1, -0.05) is 78.9 Å². The van der Waals surface area contributed by atoms with Crippen LogP contribution in [0.4, 0.5) is 0 Å². The molecule has 242 valence electrons. The lowest BCUT2D eigenvalue weighted by Crippen LogP contribution is -2.32. The van der Waals surface area contributed by atoms with Gasteiger partial charge in [0.15, 0.2) is 6.29 Å². The second kappa shape index (κ2) is 15.2. The summed E-state index contributed by atoms with van der Waals surface area (Å²) in [5.74, 6) is -0.924. The van der Waals surface area contributed by atoms with Gasteiger partial charge in [0.2, 0.25) is 5.91 Å². The molecule has 0 aliphatic carbocycles. The molecule has 0 saturated carbocycles. The van der Waals surface area contributed by atoms with Crippen molar-refractivity contribution in [2.75, 3.05) is 0 Å². The molecule has 1 fully saturated rings. The maximum Gasteiger partial charge on any atom is 0.303 e. The van der Waals surface area contributed by atoms with Crippen molar-refractivity contribution in [2.24, 2.45) is 0 Å². The highest BCUT2D eigenvalue weighted by molar-refractivity contribution is 5.76. The molecule has 9 heteroatoms. The Balaban J connectivity index is 1.14. The first kappa shape index (κ1) is 32.1. The summed E-state index contributed by atoms with van der Waals surface area (Å²) in [6.45, 7) is 1.03. The molecular formula is C38H39N3O6. The number of carboxylic acids is 1. The molecular weight excluding hydrogens is 594 g/mol. The number of hydrogen-bond acceptors (Lipinski definition) is 6. The van der Waals surface area contributed by atoms with E-state index in [1.54, 1.807) is 0 Å². The number of imidazole rings is 1. The Kier molecular flexibility index (Phi) is 10.4. The Morgan fingerprint density at radius 3 is 2.38 bits per heavy atom. The van der Waals surface area contributed by atoms with Crippen molar-refractivity contribution >= 4 is 22.9 Å². The van der Waals surface area contributed by atoms with Gasteiger partial charge in [0.1, 0.15) is 0 Å². The fraction of sp³-hybridized carbons (Fsp3) is 0.289. The van der Waals surface area contributed by atoms with Crippen LogP contribution >= 0.6 is 0 Å². The number of unbranched alkanes of at least 4 members (excludes halogenated alkanes) is 1. The molecule has 0 radical (unpaired) electrons. The van der Waals surface area contributed by atoms with Gasteiger partial charge in [-0.25, -0.2) is 4.98 Å². The van der Waals surface area contributed by atoms with Crippen LogP contribution in [0.1, 0.15) is 66.8 Å². The summed E-state index contributed by atoms with van der Waals surface area (Å²) < 4.78 is 15.3. The zero-order valence-corrected chi connectivity index (χ0v) is 26.1. The highest BCUT2D eigenvalue weighted by Crippen LogP contribution is 2.39. The van der Waals surface area contributed by atoms with Crippen LogP contribution in [0.3, 0.4) is 0 Å². The standard InChI is InChI=1S/C38H39N3O6/c42-24-26-12-14-29(15-13-26)35-21-32(23-41-25-40-33-8-1-2-9-34(33)41)46-38(47-35)30-18-16-28(17-19-30)31-7-5-6-27(20-31)22-39-36(43)10-3-4-11-37(44)45/h1-2,5-9,12-20,25,32,35,38,42H,3-4,10-11,21-24H2,(H,39,43)(H,44,45)/t32-,35+,38+/m1/s1. The normalized spacial score (nSPS) is 17.9. The molecule has 3 N–H and O–H groups in total. The average molecular weight is 634 g/mol. The molecule has 1 aromatic heterocycles. The molecule has 2 heterocycles. The maximum atomic E-state index is 12.2. The number of carbonyl (C=O) groups is 2. The van der Waals surface area contributed by atoms with Crippen molar-refractivity contribution in [1.29, 1.82) is 0 Å². The molecule has 47 heavy (non-hydrogen) atoms. The van der Waals surface area contributed by atoms with E-state index in [0.717, 1.165) is 44.4 Å². The number of nitrogens with zero attached hydrogens (tertiary/aromatic N) is 2. The molecule has 1 aliphatic rings. The highest BCUT2D eigenvalue weighted by atomic mass is 16.7. The monoisotopic (exact) mass is 633 g/mol. The van der Waals surface area contributed by atoms with Crippen molar-refractivity contribution in [2.45, 2.75) is 70.3 Å². The maximum absolute atomic E-state index is 12.2. The Labute approximate surface area is 273 Å². The number of carbonyl (C=O) groups excluding carboxylic acids is 1. The molecule has 3 atom stereocenters. The van der Waals surface area contributed by atoms with Crippen LogP contribution in [-0.2, 0) is 38.8 Å². The third kappa shape index (κ3) is 8.31. The number of benzene rings is 4. The number of aromatic nitrogens is 2. The number of fused-ring (bicyclic) bond motifs is 1. The van der Waals surface area contributed by atoms with E-state index in [4.69, 9.17) is 14.6 Å². The molecule has 1 amide bonds. The molecule has 0 unspecified atom stereocenters. The van der Waals surface area contributed by atoms with E-state index in [9.17, 15) is 14.7 Å². The average Bonchev–Trinajstić information content (AvgIpc) is 3.51. The SMILES string of the molecule is O=C(O)CCCCC(=O)NCc1cccc(-c2ccc([C@H]3O[C@@H](Cn4cnc5ccccc54)C[C@@H](c4ccc(CO)cc4)O3)cc2)c1. The Morgan fingerprint density at radius 2 is 1.60 bits per heavy atom. The van der Waals surface area contributed by atoms with E-state index >= 15 is 0 Å². The van der Waals surface area contributed by atoms with Crippen LogP contribution in [0.5, 0.6) is 0 Å². The van der Waals surface area contributed by atoms with Gasteiger partial charge in [-0.05, 0) is 58.9 Å². The molecule has 0 spiro atoms. The first-order valence-electron chi connectivity index (χ1n) is 16.0. The smallest absolute Gasteiger partial charge is 0.303 e. The second-order valence-corrected chi connectivity index (χ2v) is 11.9. The number of aliphatic hydroxyl groups excluding tert-OH is 1. The zero-order valence-electron chi connectivity index (χ0n) is 26.1. The summed E-state index contributed by atoms with van der Waals surface area (Å²) >= 11 is 0. The number of aliphatic carboxylic acids is 1. The predicted molar refractivity (Wildman–Crippen MR) is 178 cm³/mol. The van der Waals surface area contributed by atoms with Gasteiger partial charge in [0.05, 0.1) is 42.7 Å². The van der Waals surface area contributed by atoms with Crippen molar-refractivity contribution in [1.82, 2.24) is 14.9 Å². The number of ether oxygens (including phenoxy) is 2. The second-order valence-electron chi connectivity index (χ2n) is 11.9. The van der Waals surface area contributed by atoms with Crippen LogP contribution in [0.15, 0.2) is 103 Å². The molecule has 4 aromatic carbocycles. The fourth-order valence-electron chi connectivity index (χ4n) is 5.95. The largest absolute Gasteiger partial charge is 0.481 e. The Bertz CT molecular complexity index is 1800. The Morgan fingerprint density at radius 1 is 0.830 bits per heavy atom. The number of amides is 1. The van der Waals surface area contributed by atoms with Gasteiger partial charge < -0.3 is 29.6 Å². The summed E-state index contributed by atoms with van der Waals surface area (Å²) in [5.41, 5.74) is 7.86. The third-order valence-corrected chi connectivity index (χ3v) is 8.52. The van der Waals surface area contributed by atoms with E-state index in [-0.39, 0.29) is 31.1 Å². The predicted octanol–water partition coefficient (Wildman–Crippen LogP) is 6.70. The summed E-state index contributed by atoms with van der Waals surface area (Å²) in [6.07, 6.45) is 3.08.